The molecule has 0 heterocycles. The molecule has 3 nitrogen and oxygen atoms in total. The predicted octanol–water partition coefficient (Wildman–Crippen LogP) is 3.88. The lowest BCUT2D eigenvalue weighted by Crippen LogP contribution is -2.08. The van der Waals surface area contributed by atoms with Gasteiger partial charge in [0.05, 0.1) is 6.42 Å². The summed E-state index contributed by atoms with van der Waals surface area (Å²) in [5.74, 6) is -0.292. The highest BCUT2D eigenvalue weighted by atomic mass is 16.1. The molecule has 0 aromatic heterocycles. The fourth-order valence-corrected chi connectivity index (χ4v) is 2.07. The van der Waals surface area contributed by atoms with E-state index in [1.165, 1.54) is 0 Å². The van der Waals surface area contributed by atoms with Gasteiger partial charge in [-0.05, 0) is 38.1 Å². The molecule has 3 heteroatoms. The lowest BCUT2D eigenvalue weighted by Gasteiger charge is -2.05. The number of aryl methyl sites for hydroxylation is 1. The Morgan fingerprint density at radius 1 is 0.857 bits per heavy atom. The molecular formula is C18H19NO2. The van der Waals surface area contributed by atoms with Crippen molar-refractivity contribution in [2.75, 3.05) is 11.9 Å². The molecule has 0 aliphatic heterocycles. The molecule has 0 spiro atoms. The van der Waals surface area contributed by atoms with Crippen LogP contribution in [0.15, 0.2) is 48.5 Å². The second-order valence-electron chi connectivity index (χ2n) is 5.00. The van der Waals surface area contributed by atoms with E-state index in [0.717, 1.165) is 17.8 Å². The highest BCUT2D eigenvalue weighted by Gasteiger charge is 2.13. The van der Waals surface area contributed by atoms with Gasteiger partial charge >= 0.3 is 0 Å². The van der Waals surface area contributed by atoms with Crippen molar-refractivity contribution in [3.05, 3.63) is 65.2 Å². The molecule has 0 radical (unpaired) electrons. The van der Waals surface area contributed by atoms with Gasteiger partial charge in [0.25, 0.3) is 0 Å². The Morgan fingerprint density at radius 3 is 1.81 bits per heavy atom. The number of Topliss-reactive ketones (excluding diaryl/α,β-unsaturated/α-hetero) is 2. The summed E-state index contributed by atoms with van der Waals surface area (Å²) in [6, 6.07) is 14.5. The smallest absolute Gasteiger partial charge is 0.170 e. The van der Waals surface area contributed by atoms with E-state index in [4.69, 9.17) is 0 Å². The van der Waals surface area contributed by atoms with Crippen LogP contribution >= 0.6 is 0 Å². The zero-order valence-electron chi connectivity index (χ0n) is 12.3. The molecular weight excluding hydrogens is 262 g/mol. The van der Waals surface area contributed by atoms with Crippen molar-refractivity contribution in [1.82, 2.24) is 0 Å². The van der Waals surface area contributed by atoms with Crippen LogP contribution < -0.4 is 5.32 Å². The van der Waals surface area contributed by atoms with Gasteiger partial charge in [0, 0.05) is 23.4 Å². The molecule has 0 amide bonds. The summed E-state index contributed by atoms with van der Waals surface area (Å²) in [5.41, 5.74) is 3.21. The van der Waals surface area contributed by atoms with E-state index in [0.29, 0.717) is 11.1 Å². The molecule has 0 saturated heterocycles. The summed E-state index contributed by atoms with van der Waals surface area (Å²) in [6.07, 6.45) is -0.0936. The van der Waals surface area contributed by atoms with Crippen LogP contribution in [0.3, 0.4) is 0 Å². The Balaban J connectivity index is 2.03. The van der Waals surface area contributed by atoms with Crippen molar-refractivity contribution in [3.63, 3.8) is 0 Å². The molecule has 2 rings (SSSR count). The number of hydrogen-bond acceptors (Lipinski definition) is 3. The second-order valence-corrected chi connectivity index (χ2v) is 5.00. The minimum Gasteiger partial charge on any atom is -0.385 e. The molecule has 0 saturated carbocycles. The van der Waals surface area contributed by atoms with Crippen LogP contribution in [0.25, 0.3) is 0 Å². The zero-order valence-corrected chi connectivity index (χ0v) is 12.3. The van der Waals surface area contributed by atoms with Crippen LogP contribution in [0.1, 0.15) is 39.6 Å². The van der Waals surface area contributed by atoms with E-state index in [1.807, 2.05) is 38.1 Å². The molecule has 0 fully saturated rings. The summed E-state index contributed by atoms with van der Waals surface area (Å²) >= 11 is 0. The minimum atomic E-state index is -0.149. The molecule has 1 N–H and O–H groups in total. The molecule has 0 unspecified atom stereocenters. The second kappa shape index (κ2) is 6.84. The average Bonchev–Trinajstić information content (AvgIpc) is 2.49. The van der Waals surface area contributed by atoms with Crippen molar-refractivity contribution in [2.24, 2.45) is 0 Å². The number of benzene rings is 2. The van der Waals surface area contributed by atoms with Crippen LogP contribution in [0.4, 0.5) is 5.69 Å². The maximum Gasteiger partial charge on any atom is 0.170 e. The topological polar surface area (TPSA) is 46.2 Å². The number of carbonyl (C=O) groups excluding carboxylic acids is 2. The van der Waals surface area contributed by atoms with Crippen LogP contribution in [0, 0.1) is 6.92 Å². The molecule has 0 aliphatic rings. The Kier molecular flexibility index (Phi) is 4.88. The minimum absolute atomic E-state index is 0.0936. The summed E-state index contributed by atoms with van der Waals surface area (Å²) in [6.45, 7) is 4.81. The van der Waals surface area contributed by atoms with Crippen molar-refractivity contribution in [1.29, 1.82) is 0 Å². The van der Waals surface area contributed by atoms with Crippen LogP contribution in [0.2, 0.25) is 0 Å². The van der Waals surface area contributed by atoms with Gasteiger partial charge in [-0.1, -0.05) is 29.8 Å². The number of hydrogen-bond donors (Lipinski definition) is 1. The Bertz CT molecular complexity index is 627. The number of nitrogens with one attached hydrogen (secondary N) is 1. The fraction of sp³-hybridized carbons (Fsp3) is 0.222. The number of anilines is 1. The van der Waals surface area contributed by atoms with E-state index in [1.54, 1.807) is 24.3 Å². The predicted molar refractivity (Wildman–Crippen MR) is 85.1 cm³/mol. The molecule has 0 bridgehead atoms. The van der Waals surface area contributed by atoms with E-state index in [9.17, 15) is 9.59 Å². The maximum atomic E-state index is 12.1. The first-order valence-electron chi connectivity index (χ1n) is 7.07. The lowest BCUT2D eigenvalue weighted by molar-refractivity contribution is 0.0894. The Labute approximate surface area is 125 Å². The largest absolute Gasteiger partial charge is 0.385 e. The number of ketones is 2. The molecule has 2 aromatic carbocycles. The lowest BCUT2D eigenvalue weighted by atomic mass is 10.0. The number of carbonyl (C=O) groups is 2. The summed E-state index contributed by atoms with van der Waals surface area (Å²) < 4.78 is 0. The first kappa shape index (κ1) is 15.0. The standard InChI is InChI=1S/C18H19NO2/c1-3-19-16-10-8-15(9-11-16)18(21)12-17(20)14-6-4-13(2)5-7-14/h4-11,19H,3,12H2,1-2H3. The third-order valence-electron chi connectivity index (χ3n) is 3.28. The summed E-state index contributed by atoms with van der Waals surface area (Å²) in [7, 11) is 0. The van der Waals surface area contributed by atoms with Crippen molar-refractivity contribution in [3.8, 4) is 0 Å². The highest BCUT2D eigenvalue weighted by molar-refractivity contribution is 6.13. The van der Waals surface area contributed by atoms with Crippen molar-refractivity contribution in [2.45, 2.75) is 20.3 Å². The molecule has 2 aromatic rings. The summed E-state index contributed by atoms with van der Waals surface area (Å²) in [4.78, 5) is 24.2. The first-order valence-corrected chi connectivity index (χ1v) is 7.07. The number of rotatable bonds is 6. The molecule has 21 heavy (non-hydrogen) atoms. The average molecular weight is 281 g/mol. The van der Waals surface area contributed by atoms with Gasteiger partial charge in [0.1, 0.15) is 0 Å². The quantitative estimate of drug-likeness (QED) is 0.645. The highest BCUT2D eigenvalue weighted by Crippen LogP contribution is 2.13. The van der Waals surface area contributed by atoms with Gasteiger partial charge in [-0.3, -0.25) is 9.59 Å². The zero-order chi connectivity index (χ0) is 15.2. The van der Waals surface area contributed by atoms with Crippen LogP contribution in [-0.4, -0.2) is 18.1 Å². The SMILES string of the molecule is CCNc1ccc(C(=O)CC(=O)c2ccc(C)cc2)cc1. The van der Waals surface area contributed by atoms with Gasteiger partial charge in [-0.25, -0.2) is 0 Å². The fourth-order valence-electron chi connectivity index (χ4n) is 2.07. The molecule has 0 aliphatic carbocycles. The molecule has 108 valence electrons. The maximum absolute atomic E-state index is 12.1. The summed E-state index contributed by atoms with van der Waals surface area (Å²) in [5, 5.41) is 3.17. The van der Waals surface area contributed by atoms with Gasteiger partial charge < -0.3 is 5.32 Å². The van der Waals surface area contributed by atoms with Gasteiger partial charge in [0.2, 0.25) is 0 Å². The monoisotopic (exact) mass is 281 g/mol. The van der Waals surface area contributed by atoms with Crippen molar-refractivity contribution >= 4 is 17.3 Å². The van der Waals surface area contributed by atoms with Gasteiger partial charge in [0.15, 0.2) is 11.6 Å². The van der Waals surface area contributed by atoms with E-state index >= 15 is 0 Å². The third-order valence-corrected chi connectivity index (χ3v) is 3.28. The first-order chi connectivity index (χ1) is 10.1. The van der Waals surface area contributed by atoms with Crippen LogP contribution in [-0.2, 0) is 0 Å². The van der Waals surface area contributed by atoms with Gasteiger partial charge in [-0.15, -0.1) is 0 Å². The van der Waals surface area contributed by atoms with E-state index < -0.39 is 0 Å². The normalized spacial score (nSPS) is 10.2. The third kappa shape index (κ3) is 4.02. The van der Waals surface area contributed by atoms with E-state index in [-0.39, 0.29) is 18.0 Å². The Morgan fingerprint density at radius 2 is 1.33 bits per heavy atom. The molecule has 0 atom stereocenters. The Hall–Kier alpha value is -2.42. The van der Waals surface area contributed by atoms with Gasteiger partial charge in [-0.2, -0.15) is 0 Å². The van der Waals surface area contributed by atoms with Crippen LogP contribution in [0.5, 0.6) is 0 Å². The van der Waals surface area contributed by atoms with E-state index in [2.05, 4.69) is 5.32 Å². The van der Waals surface area contributed by atoms with Crippen molar-refractivity contribution < 1.29 is 9.59 Å².